The Morgan fingerprint density at radius 3 is 2.64 bits per heavy atom. The van der Waals surface area contributed by atoms with E-state index in [0.717, 1.165) is 5.56 Å². The van der Waals surface area contributed by atoms with Crippen molar-refractivity contribution in [3.63, 3.8) is 0 Å². The van der Waals surface area contributed by atoms with Crippen molar-refractivity contribution in [3.05, 3.63) is 42.1 Å². The molecule has 1 aromatic heterocycles. The summed E-state index contributed by atoms with van der Waals surface area (Å²) in [6.45, 7) is 3.91. The highest BCUT2D eigenvalue weighted by molar-refractivity contribution is 6.04. The molecule has 3 rings (SSSR count). The first-order valence-corrected chi connectivity index (χ1v) is 7.19. The normalized spacial score (nSPS) is 18.1. The van der Waals surface area contributed by atoms with Gasteiger partial charge >= 0.3 is 6.03 Å². The molecule has 22 heavy (non-hydrogen) atoms. The highest BCUT2D eigenvalue weighted by Crippen LogP contribution is 2.22. The lowest BCUT2D eigenvalue weighted by atomic mass is 10.1. The van der Waals surface area contributed by atoms with Crippen molar-refractivity contribution >= 4 is 11.9 Å². The fourth-order valence-electron chi connectivity index (χ4n) is 2.43. The highest BCUT2D eigenvalue weighted by atomic mass is 16.5. The van der Waals surface area contributed by atoms with Crippen LogP contribution in [0.3, 0.4) is 0 Å². The standard InChI is InChI=1S/C16H17N3O3/c1-10(2)14-15(20)19(16(21)17-14)9-12-8-13(22-18-12)11-6-4-3-5-7-11/h3-8,10,14H,9H2,1-2H3,(H,17,21)/t14-/m0/s1. The van der Waals surface area contributed by atoms with Crippen molar-refractivity contribution in [2.24, 2.45) is 5.92 Å². The van der Waals surface area contributed by atoms with E-state index in [9.17, 15) is 9.59 Å². The topological polar surface area (TPSA) is 75.4 Å². The minimum atomic E-state index is -0.465. The Balaban J connectivity index is 1.76. The molecular weight excluding hydrogens is 282 g/mol. The Morgan fingerprint density at radius 1 is 1.27 bits per heavy atom. The number of urea groups is 1. The number of amides is 3. The molecule has 6 heteroatoms. The average molecular weight is 299 g/mol. The minimum absolute atomic E-state index is 0.0543. The van der Waals surface area contributed by atoms with Crippen LogP contribution in [0, 0.1) is 5.92 Å². The zero-order chi connectivity index (χ0) is 15.7. The quantitative estimate of drug-likeness (QED) is 0.880. The molecule has 2 heterocycles. The number of imide groups is 1. The summed E-state index contributed by atoms with van der Waals surface area (Å²) in [5.41, 5.74) is 1.45. The fourth-order valence-corrected chi connectivity index (χ4v) is 2.43. The van der Waals surface area contributed by atoms with E-state index in [1.807, 2.05) is 44.2 Å². The Morgan fingerprint density at radius 2 is 2.00 bits per heavy atom. The van der Waals surface area contributed by atoms with E-state index < -0.39 is 6.04 Å². The molecule has 1 aliphatic heterocycles. The third-order valence-electron chi connectivity index (χ3n) is 3.66. The molecule has 114 valence electrons. The molecule has 1 aliphatic rings. The van der Waals surface area contributed by atoms with Crippen LogP contribution in [-0.4, -0.2) is 28.0 Å². The first-order valence-electron chi connectivity index (χ1n) is 7.19. The molecule has 1 saturated heterocycles. The van der Waals surface area contributed by atoms with Gasteiger partial charge in [-0.3, -0.25) is 9.69 Å². The van der Waals surface area contributed by atoms with E-state index in [2.05, 4.69) is 10.5 Å². The van der Waals surface area contributed by atoms with Gasteiger partial charge < -0.3 is 9.84 Å². The van der Waals surface area contributed by atoms with Crippen LogP contribution in [0.5, 0.6) is 0 Å². The smallest absolute Gasteiger partial charge is 0.325 e. The van der Waals surface area contributed by atoms with E-state index >= 15 is 0 Å². The van der Waals surface area contributed by atoms with Gasteiger partial charge in [-0.05, 0) is 5.92 Å². The van der Waals surface area contributed by atoms with Gasteiger partial charge in [0, 0.05) is 11.6 Å². The maximum Gasteiger partial charge on any atom is 0.325 e. The lowest BCUT2D eigenvalue weighted by Gasteiger charge is -2.12. The van der Waals surface area contributed by atoms with Crippen molar-refractivity contribution in [1.82, 2.24) is 15.4 Å². The van der Waals surface area contributed by atoms with Crippen LogP contribution >= 0.6 is 0 Å². The van der Waals surface area contributed by atoms with E-state index in [-0.39, 0.29) is 24.4 Å². The first-order chi connectivity index (χ1) is 10.6. The summed E-state index contributed by atoms with van der Waals surface area (Å²) in [6, 6.07) is 10.4. The van der Waals surface area contributed by atoms with Crippen LogP contribution in [0.15, 0.2) is 40.9 Å². The molecular formula is C16H17N3O3. The molecule has 0 unspecified atom stereocenters. The lowest BCUT2D eigenvalue weighted by Crippen LogP contribution is -2.34. The third kappa shape index (κ3) is 2.59. The van der Waals surface area contributed by atoms with Gasteiger partial charge in [0.1, 0.15) is 11.7 Å². The van der Waals surface area contributed by atoms with Crippen molar-refractivity contribution in [3.8, 4) is 11.3 Å². The molecule has 2 aromatic rings. The summed E-state index contributed by atoms with van der Waals surface area (Å²) < 4.78 is 5.29. The number of nitrogens with one attached hydrogen (secondary N) is 1. The van der Waals surface area contributed by atoms with E-state index in [0.29, 0.717) is 11.5 Å². The largest absolute Gasteiger partial charge is 0.356 e. The van der Waals surface area contributed by atoms with Crippen LogP contribution in [0.25, 0.3) is 11.3 Å². The Labute approximate surface area is 128 Å². The second-order valence-corrected chi connectivity index (χ2v) is 5.64. The Hall–Kier alpha value is -2.63. The number of hydrogen-bond donors (Lipinski definition) is 1. The number of nitrogens with zero attached hydrogens (tertiary/aromatic N) is 2. The van der Waals surface area contributed by atoms with Gasteiger partial charge in [-0.15, -0.1) is 0 Å². The SMILES string of the molecule is CC(C)[C@@H]1NC(=O)N(Cc2cc(-c3ccccc3)on2)C1=O. The average Bonchev–Trinajstić information content (AvgIpc) is 3.08. The van der Waals surface area contributed by atoms with Crippen LogP contribution in [0.2, 0.25) is 0 Å². The number of carbonyl (C=O) groups is 2. The summed E-state index contributed by atoms with van der Waals surface area (Å²) in [6.07, 6.45) is 0. The third-order valence-corrected chi connectivity index (χ3v) is 3.66. The lowest BCUT2D eigenvalue weighted by molar-refractivity contribution is -0.128. The number of aromatic nitrogens is 1. The summed E-state index contributed by atoms with van der Waals surface area (Å²) >= 11 is 0. The summed E-state index contributed by atoms with van der Waals surface area (Å²) in [4.78, 5) is 25.3. The number of rotatable bonds is 4. The predicted octanol–water partition coefficient (Wildman–Crippen LogP) is 2.42. The maximum atomic E-state index is 12.2. The second-order valence-electron chi connectivity index (χ2n) is 5.64. The number of hydrogen-bond acceptors (Lipinski definition) is 4. The molecule has 1 fully saturated rings. The summed E-state index contributed by atoms with van der Waals surface area (Å²) in [5, 5.41) is 6.64. The van der Waals surface area contributed by atoms with Gasteiger partial charge in [-0.2, -0.15) is 0 Å². The molecule has 0 aliphatic carbocycles. The second kappa shape index (κ2) is 5.63. The zero-order valence-electron chi connectivity index (χ0n) is 12.4. The van der Waals surface area contributed by atoms with Crippen molar-refractivity contribution in [2.45, 2.75) is 26.4 Å². The van der Waals surface area contributed by atoms with Crippen molar-refractivity contribution in [2.75, 3.05) is 0 Å². The predicted molar refractivity (Wildman–Crippen MR) is 79.6 cm³/mol. The molecule has 1 N–H and O–H groups in total. The molecule has 6 nitrogen and oxygen atoms in total. The molecule has 0 saturated carbocycles. The minimum Gasteiger partial charge on any atom is -0.356 e. The van der Waals surface area contributed by atoms with Crippen molar-refractivity contribution in [1.29, 1.82) is 0 Å². The monoisotopic (exact) mass is 299 g/mol. The van der Waals surface area contributed by atoms with Gasteiger partial charge in [0.25, 0.3) is 5.91 Å². The molecule has 0 spiro atoms. The number of benzene rings is 1. The zero-order valence-corrected chi connectivity index (χ0v) is 12.4. The van der Waals surface area contributed by atoms with E-state index in [4.69, 9.17) is 4.52 Å². The molecule has 1 atom stereocenters. The van der Waals surface area contributed by atoms with Crippen LogP contribution < -0.4 is 5.32 Å². The van der Waals surface area contributed by atoms with Crippen LogP contribution in [-0.2, 0) is 11.3 Å². The van der Waals surface area contributed by atoms with E-state index in [1.165, 1.54) is 4.90 Å². The Kier molecular flexibility index (Phi) is 3.66. The molecule has 0 radical (unpaired) electrons. The van der Waals surface area contributed by atoms with Crippen LogP contribution in [0.1, 0.15) is 19.5 Å². The van der Waals surface area contributed by atoms with Gasteiger partial charge in [0.2, 0.25) is 0 Å². The maximum absolute atomic E-state index is 12.2. The molecule has 0 bridgehead atoms. The van der Waals surface area contributed by atoms with Crippen molar-refractivity contribution < 1.29 is 14.1 Å². The first kappa shape index (κ1) is 14.3. The van der Waals surface area contributed by atoms with Gasteiger partial charge in [-0.1, -0.05) is 49.3 Å². The molecule has 3 amide bonds. The van der Waals surface area contributed by atoms with Crippen LogP contribution in [0.4, 0.5) is 4.79 Å². The van der Waals surface area contributed by atoms with E-state index in [1.54, 1.807) is 6.07 Å². The summed E-state index contributed by atoms with van der Waals surface area (Å²) in [5.74, 6) is 0.450. The van der Waals surface area contributed by atoms with Gasteiger partial charge in [-0.25, -0.2) is 4.79 Å². The van der Waals surface area contributed by atoms with Gasteiger partial charge in [0.15, 0.2) is 5.76 Å². The summed E-state index contributed by atoms with van der Waals surface area (Å²) in [7, 11) is 0. The molecule has 1 aromatic carbocycles. The fraction of sp³-hybridized carbons (Fsp3) is 0.312. The highest BCUT2D eigenvalue weighted by Gasteiger charge is 2.39. The Bertz CT molecular complexity index is 694. The van der Waals surface area contributed by atoms with Gasteiger partial charge in [0.05, 0.1) is 6.54 Å². The number of carbonyl (C=O) groups excluding carboxylic acids is 2.